The molecule has 0 aliphatic carbocycles. The summed E-state index contributed by atoms with van der Waals surface area (Å²) in [7, 11) is 0. The van der Waals surface area contributed by atoms with Crippen LogP contribution in [0, 0.1) is 0 Å². The minimum absolute atomic E-state index is 0.144. The van der Waals surface area contributed by atoms with E-state index >= 15 is 0 Å². The zero-order valence-corrected chi connectivity index (χ0v) is 18.5. The SMILES string of the molecule is CCN(CC)Cc1ccc(CNC(=O)c2ccc(Oc3ccc(C(N)=O)cc3)cc2)cc1. The van der Waals surface area contributed by atoms with Gasteiger partial charge < -0.3 is 15.8 Å². The van der Waals surface area contributed by atoms with Gasteiger partial charge in [-0.1, -0.05) is 38.1 Å². The Balaban J connectivity index is 1.51. The number of nitrogens with two attached hydrogens (primary N) is 1. The van der Waals surface area contributed by atoms with Crippen molar-refractivity contribution < 1.29 is 14.3 Å². The fraction of sp³-hybridized carbons (Fsp3) is 0.231. The molecule has 0 fully saturated rings. The molecule has 0 saturated carbocycles. The Hall–Kier alpha value is -3.64. The maximum Gasteiger partial charge on any atom is 0.251 e. The van der Waals surface area contributed by atoms with Crippen LogP contribution in [0.3, 0.4) is 0 Å². The molecular weight excluding hydrogens is 402 g/mol. The number of rotatable bonds is 10. The first kappa shape index (κ1) is 23.0. The molecule has 3 aromatic carbocycles. The zero-order chi connectivity index (χ0) is 22.9. The molecule has 3 aromatic rings. The Kier molecular flexibility index (Phi) is 8.00. The summed E-state index contributed by atoms with van der Waals surface area (Å²) >= 11 is 0. The summed E-state index contributed by atoms with van der Waals surface area (Å²) in [6.07, 6.45) is 0. The molecule has 32 heavy (non-hydrogen) atoms. The highest BCUT2D eigenvalue weighted by atomic mass is 16.5. The second-order valence-electron chi connectivity index (χ2n) is 7.48. The number of carbonyl (C=O) groups is 2. The van der Waals surface area contributed by atoms with E-state index in [1.165, 1.54) is 5.56 Å². The molecule has 0 aliphatic rings. The van der Waals surface area contributed by atoms with Crippen molar-refractivity contribution in [1.82, 2.24) is 10.2 Å². The Morgan fingerprint density at radius 1 is 0.781 bits per heavy atom. The lowest BCUT2D eigenvalue weighted by atomic mass is 10.1. The Bertz CT molecular complexity index is 1030. The van der Waals surface area contributed by atoms with Gasteiger partial charge in [-0.3, -0.25) is 14.5 Å². The third kappa shape index (κ3) is 6.43. The molecule has 0 bridgehead atoms. The minimum Gasteiger partial charge on any atom is -0.457 e. The van der Waals surface area contributed by atoms with Gasteiger partial charge in [-0.2, -0.15) is 0 Å². The van der Waals surface area contributed by atoms with Crippen molar-refractivity contribution in [3.8, 4) is 11.5 Å². The molecule has 0 aromatic heterocycles. The lowest BCUT2D eigenvalue weighted by Crippen LogP contribution is -2.23. The van der Waals surface area contributed by atoms with Crippen LogP contribution >= 0.6 is 0 Å². The standard InChI is InChI=1S/C26H29N3O3/c1-3-29(4-2)18-20-7-5-19(6-8-20)17-28-26(31)22-11-15-24(16-12-22)32-23-13-9-21(10-14-23)25(27)30/h5-16H,3-4,17-18H2,1-2H3,(H2,27,30)(H,28,31). The van der Waals surface area contributed by atoms with Gasteiger partial charge in [-0.15, -0.1) is 0 Å². The molecule has 3 rings (SSSR count). The molecule has 0 saturated heterocycles. The molecule has 0 spiro atoms. The van der Waals surface area contributed by atoms with Crippen LogP contribution in [-0.2, 0) is 13.1 Å². The average Bonchev–Trinajstić information content (AvgIpc) is 2.82. The van der Waals surface area contributed by atoms with Crippen LogP contribution in [0.5, 0.6) is 11.5 Å². The summed E-state index contributed by atoms with van der Waals surface area (Å²) < 4.78 is 5.74. The second-order valence-corrected chi connectivity index (χ2v) is 7.48. The number of primary amides is 1. The van der Waals surface area contributed by atoms with Crippen LogP contribution in [0.1, 0.15) is 45.7 Å². The summed E-state index contributed by atoms with van der Waals surface area (Å²) in [5, 5.41) is 2.95. The Labute approximate surface area is 189 Å². The van der Waals surface area contributed by atoms with Gasteiger partial charge in [0.15, 0.2) is 0 Å². The first-order valence-corrected chi connectivity index (χ1v) is 10.7. The van der Waals surface area contributed by atoms with Gasteiger partial charge in [0.2, 0.25) is 5.91 Å². The molecule has 166 valence electrons. The van der Waals surface area contributed by atoms with E-state index < -0.39 is 5.91 Å². The molecular formula is C26H29N3O3. The third-order valence-corrected chi connectivity index (χ3v) is 5.27. The van der Waals surface area contributed by atoms with Crippen molar-refractivity contribution in [1.29, 1.82) is 0 Å². The van der Waals surface area contributed by atoms with E-state index in [1.54, 1.807) is 48.5 Å². The Morgan fingerprint density at radius 3 is 1.78 bits per heavy atom. The van der Waals surface area contributed by atoms with Crippen LogP contribution in [0.4, 0.5) is 0 Å². The van der Waals surface area contributed by atoms with Crippen LogP contribution in [0.25, 0.3) is 0 Å². The van der Waals surface area contributed by atoms with E-state index in [0.717, 1.165) is 25.2 Å². The predicted octanol–water partition coefficient (Wildman–Crippen LogP) is 4.35. The van der Waals surface area contributed by atoms with Crippen LogP contribution < -0.4 is 15.8 Å². The maximum absolute atomic E-state index is 12.5. The summed E-state index contributed by atoms with van der Waals surface area (Å²) in [5.74, 6) is 0.547. The van der Waals surface area contributed by atoms with Crippen molar-refractivity contribution >= 4 is 11.8 Å². The van der Waals surface area contributed by atoms with E-state index in [1.807, 2.05) is 0 Å². The summed E-state index contributed by atoms with van der Waals surface area (Å²) in [6, 6.07) is 21.8. The number of hydrogen-bond donors (Lipinski definition) is 2. The van der Waals surface area contributed by atoms with E-state index in [0.29, 0.717) is 29.2 Å². The van der Waals surface area contributed by atoms with Crippen molar-refractivity contribution in [3.05, 3.63) is 95.1 Å². The molecule has 3 N–H and O–H groups in total. The molecule has 0 unspecified atom stereocenters. The lowest BCUT2D eigenvalue weighted by Gasteiger charge is -2.18. The molecule has 6 heteroatoms. The van der Waals surface area contributed by atoms with E-state index in [4.69, 9.17) is 10.5 Å². The van der Waals surface area contributed by atoms with Crippen molar-refractivity contribution in [2.24, 2.45) is 5.73 Å². The quantitative estimate of drug-likeness (QED) is 0.500. The van der Waals surface area contributed by atoms with Gasteiger partial charge >= 0.3 is 0 Å². The second kappa shape index (κ2) is 11.1. The number of amides is 2. The predicted molar refractivity (Wildman–Crippen MR) is 126 cm³/mol. The van der Waals surface area contributed by atoms with Gasteiger partial charge in [-0.25, -0.2) is 0 Å². The molecule has 0 heterocycles. The summed E-state index contributed by atoms with van der Waals surface area (Å²) in [5.41, 5.74) is 8.54. The monoisotopic (exact) mass is 431 g/mol. The van der Waals surface area contributed by atoms with Crippen LogP contribution in [-0.4, -0.2) is 29.8 Å². The van der Waals surface area contributed by atoms with Gasteiger partial charge in [0.1, 0.15) is 11.5 Å². The molecule has 0 aliphatic heterocycles. The smallest absolute Gasteiger partial charge is 0.251 e. The number of nitrogens with zero attached hydrogens (tertiary/aromatic N) is 1. The van der Waals surface area contributed by atoms with Gasteiger partial charge in [0, 0.05) is 24.2 Å². The fourth-order valence-electron chi connectivity index (χ4n) is 3.25. The molecule has 2 amide bonds. The normalized spacial score (nSPS) is 10.7. The largest absolute Gasteiger partial charge is 0.457 e. The number of ether oxygens (including phenoxy) is 1. The maximum atomic E-state index is 12.5. The van der Waals surface area contributed by atoms with E-state index in [-0.39, 0.29) is 5.91 Å². The highest BCUT2D eigenvalue weighted by Gasteiger charge is 2.07. The molecule has 0 atom stereocenters. The zero-order valence-electron chi connectivity index (χ0n) is 18.5. The third-order valence-electron chi connectivity index (χ3n) is 5.27. The van der Waals surface area contributed by atoms with Crippen molar-refractivity contribution in [3.63, 3.8) is 0 Å². The fourth-order valence-corrected chi connectivity index (χ4v) is 3.25. The van der Waals surface area contributed by atoms with Crippen molar-refractivity contribution in [2.45, 2.75) is 26.9 Å². The lowest BCUT2D eigenvalue weighted by molar-refractivity contribution is 0.0949. The van der Waals surface area contributed by atoms with Gasteiger partial charge in [0.25, 0.3) is 5.91 Å². The first-order valence-electron chi connectivity index (χ1n) is 10.7. The molecule has 0 radical (unpaired) electrons. The minimum atomic E-state index is -0.484. The summed E-state index contributed by atoms with van der Waals surface area (Å²) in [4.78, 5) is 26.0. The van der Waals surface area contributed by atoms with E-state index in [9.17, 15) is 9.59 Å². The highest BCUT2D eigenvalue weighted by molar-refractivity contribution is 5.94. The number of nitrogens with one attached hydrogen (secondary N) is 1. The number of benzene rings is 3. The highest BCUT2D eigenvalue weighted by Crippen LogP contribution is 2.22. The van der Waals surface area contributed by atoms with Gasteiger partial charge in [0.05, 0.1) is 0 Å². The Morgan fingerprint density at radius 2 is 1.28 bits per heavy atom. The number of carbonyl (C=O) groups excluding carboxylic acids is 2. The van der Waals surface area contributed by atoms with E-state index in [2.05, 4.69) is 48.3 Å². The topological polar surface area (TPSA) is 84.7 Å². The van der Waals surface area contributed by atoms with Crippen LogP contribution in [0.2, 0.25) is 0 Å². The van der Waals surface area contributed by atoms with Crippen molar-refractivity contribution in [2.75, 3.05) is 13.1 Å². The first-order chi connectivity index (χ1) is 15.5. The van der Waals surface area contributed by atoms with Crippen LogP contribution in [0.15, 0.2) is 72.8 Å². The van der Waals surface area contributed by atoms with Gasteiger partial charge in [-0.05, 0) is 72.7 Å². The average molecular weight is 432 g/mol. The molecule has 6 nitrogen and oxygen atoms in total. The summed E-state index contributed by atoms with van der Waals surface area (Å²) in [6.45, 7) is 7.78. The number of hydrogen-bond acceptors (Lipinski definition) is 4.